The van der Waals surface area contributed by atoms with Crippen molar-refractivity contribution in [1.29, 1.82) is 0 Å². The summed E-state index contributed by atoms with van der Waals surface area (Å²) in [6, 6.07) is 65.6. The lowest BCUT2D eigenvalue weighted by molar-refractivity contribution is 0.668. The summed E-state index contributed by atoms with van der Waals surface area (Å²) in [5.74, 6) is 1.45. The average molecular weight is 744 g/mol. The molecule has 1 aliphatic rings. The maximum Gasteiger partial charge on any atom is 0.159 e. The predicted molar refractivity (Wildman–Crippen MR) is 239 cm³/mol. The number of hydrogen-bond acceptors (Lipinski definition) is 5. The summed E-state index contributed by atoms with van der Waals surface area (Å²) in [7, 11) is 0. The largest absolute Gasteiger partial charge is 0.456 e. The molecule has 3 heterocycles. The molecule has 0 amide bonds. The molecule has 0 aliphatic carbocycles. The first kappa shape index (κ1) is 32.5. The third-order valence-corrected chi connectivity index (χ3v) is 11.5. The van der Waals surface area contributed by atoms with E-state index in [1.165, 1.54) is 21.5 Å². The number of aliphatic imine (C=N–C) groups is 2. The van der Waals surface area contributed by atoms with Crippen LogP contribution in [-0.4, -0.2) is 11.7 Å². The lowest BCUT2D eigenvalue weighted by atomic mass is 9.93. The van der Waals surface area contributed by atoms with Crippen molar-refractivity contribution in [2.24, 2.45) is 9.98 Å². The summed E-state index contributed by atoms with van der Waals surface area (Å²) in [4.78, 5) is 10.5. The minimum atomic E-state index is -0.360. The van der Waals surface area contributed by atoms with Crippen LogP contribution in [0.2, 0.25) is 0 Å². The third kappa shape index (κ3) is 5.10. The number of hydrogen-bond donors (Lipinski definition) is 1. The van der Waals surface area contributed by atoms with E-state index in [1.54, 1.807) is 0 Å². The molecule has 12 rings (SSSR count). The number of benzene rings is 9. The minimum absolute atomic E-state index is 0.360. The molecule has 2 aromatic heterocycles. The fourth-order valence-electron chi connectivity index (χ4n) is 8.88. The van der Waals surface area contributed by atoms with E-state index < -0.39 is 0 Å². The van der Waals surface area contributed by atoms with Gasteiger partial charge in [-0.2, -0.15) is 0 Å². The molecule has 272 valence electrons. The number of rotatable bonds is 5. The Morgan fingerprint density at radius 1 is 0.414 bits per heavy atom. The van der Waals surface area contributed by atoms with E-state index in [4.69, 9.17) is 18.8 Å². The molecule has 1 N–H and O–H groups in total. The van der Waals surface area contributed by atoms with E-state index in [2.05, 4.69) is 157 Å². The first-order valence-corrected chi connectivity index (χ1v) is 19.6. The molecule has 0 saturated heterocycles. The first-order valence-electron chi connectivity index (χ1n) is 19.6. The number of nitrogens with one attached hydrogen (secondary N) is 1. The van der Waals surface area contributed by atoms with Crippen LogP contribution < -0.4 is 5.32 Å². The van der Waals surface area contributed by atoms with Crippen molar-refractivity contribution in [3.8, 4) is 22.3 Å². The molecular weight excluding hydrogens is 711 g/mol. The SMILES string of the molecule is c1ccc(C2=NC(c3ccc4c(ccc5ccccc54)c3)NC(c3ccccc3-c3cccc4oc5c(-c6cccc7oc8ccccc8c67)cccc5c34)=N2)cc1. The Hall–Kier alpha value is -7.76. The predicted octanol–water partition coefficient (Wildman–Crippen LogP) is 13.6. The number of fused-ring (bicyclic) bond motifs is 9. The number of para-hydroxylation sites is 2. The highest BCUT2D eigenvalue weighted by atomic mass is 16.3. The van der Waals surface area contributed by atoms with Crippen molar-refractivity contribution in [1.82, 2.24) is 5.32 Å². The van der Waals surface area contributed by atoms with Crippen molar-refractivity contribution >= 4 is 77.1 Å². The molecule has 0 saturated carbocycles. The van der Waals surface area contributed by atoms with Crippen LogP contribution >= 0.6 is 0 Å². The summed E-state index contributed by atoms with van der Waals surface area (Å²) in [6.07, 6.45) is -0.360. The van der Waals surface area contributed by atoms with E-state index in [1.807, 2.05) is 36.4 Å². The minimum Gasteiger partial charge on any atom is -0.456 e. The van der Waals surface area contributed by atoms with Crippen molar-refractivity contribution in [2.45, 2.75) is 6.17 Å². The second-order valence-electron chi connectivity index (χ2n) is 14.9. The van der Waals surface area contributed by atoms with E-state index >= 15 is 0 Å². The zero-order valence-electron chi connectivity index (χ0n) is 31.2. The molecule has 9 aromatic carbocycles. The summed E-state index contributed by atoms with van der Waals surface area (Å²) in [5.41, 5.74) is 10.6. The Labute approximate surface area is 333 Å². The summed E-state index contributed by atoms with van der Waals surface area (Å²) in [5, 5.41) is 12.9. The summed E-state index contributed by atoms with van der Waals surface area (Å²) < 4.78 is 13.1. The van der Waals surface area contributed by atoms with Gasteiger partial charge in [-0.15, -0.1) is 0 Å². The van der Waals surface area contributed by atoms with Gasteiger partial charge in [0, 0.05) is 38.2 Å². The third-order valence-electron chi connectivity index (χ3n) is 11.5. The first-order chi connectivity index (χ1) is 28.7. The lowest BCUT2D eigenvalue weighted by Gasteiger charge is -2.25. The molecule has 1 unspecified atom stereocenters. The van der Waals surface area contributed by atoms with Gasteiger partial charge in [0.05, 0.1) is 0 Å². The molecule has 0 bridgehead atoms. The number of nitrogens with zero attached hydrogens (tertiary/aromatic N) is 2. The van der Waals surface area contributed by atoms with E-state index in [0.29, 0.717) is 5.84 Å². The van der Waals surface area contributed by atoms with Gasteiger partial charge in [0.25, 0.3) is 0 Å². The molecular formula is C53H33N3O2. The Morgan fingerprint density at radius 2 is 1.02 bits per heavy atom. The Bertz CT molecular complexity index is 3500. The zero-order valence-corrected chi connectivity index (χ0v) is 31.2. The molecule has 5 heteroatoms. The second kappa shape index (κ2) is 12.9. The molecule has 0 radical (unpaired) electrons. The summed E-state index contributed by atoms with van der Waals surface area (Å²) in [6.45, 7) is 0. The molecule has 1 aliphatic heterocycles. The van der Waals surface area contributed by atoms with E-state index in [9.17, 15) is 0 Å². The van der Waals surface area contributed by atoms with Gasteiger partial charge < -0.3 is 14.2 Å². The average Bonchev–Trinajstić information content (AvgIpc) is 3.88. The number of amidine groups is 2. The molecule has 5 nitrogen and oxygen atoms in total. The standard InChI is InChI=1S/C53H33N3O2/c1-2-14-33(15-3-1)51-54-52(35-29-30-37-34(31-35)28-27-32-13-4-5-16-36(32)37)56-53(55-51)42-18-7-6-17-38(42)39-20-11-26-47-49(39)44-23-10-22-41(50(44)58-47)40-21-12-25-46-48(40)43-19-8-9-24-45(43)57-46/h1-31,52H,(H,54,55,56). The monoisotopic (exact) mass is 743 g/mol. The van der Waals surface area contributed by atoms with Gasteiger partial charge in [-0.1, -0.05) is 164 Å². The number of furan rings is 2. The van der Waals surface area contributed by atoms with Crippen LogP contribution in [0.5, 0.6) is 0 Å². The van der Waals surface area contributed by atoms with Crippen molar-refractivity contribution < 1.29 is 8.83 Å². The Balaban J connectivity index is 1.01. The van der Waals surface area contributed by atoms with Crippen LogP contribution in [0, 0.1) is 0 Å². The van der Waals surface area contributed by atoms with Crippen LogP contribution in [0.25, 0.3) is 87.7 Å². The van der Waals surface area contributed by atoms with Crippen LogP contribution in [0.1, 0.15) is 22.9 Å². The van der Waals surface area contributed by atoms with Gasteiger partial charge in [0.15, 0.2) is 5.84 Å². The fourth-order valence-corrected chi connectivity index (χ4v) is 8.88. The van der Waals surface area contributed by atoms with Crippen molar-refractivity contribution in [3.05, 3.63) is 205 Å². The fraction of sp³-hybridized carbons (Fsp3) is 0.0189. The highest BCUT2D eigenvalue weighted by Gasteiger charge is 2.25. The van der Waals surface area contributed by atoms with Crippen molar-refractivity contribution in [3.63, 3.8) is 0 Å². The van der Waals surface area contributed by atoms with Gasteiger partial charge in [-0.25, -0.2) is 9.98 Å². The molecule has 11 aromatic rings. The zero-order chi connectivity index (χ0) is 38.2. The van der Waals surface area contributed by atoms with Crippen molar-refractivity contribution in [2.75, 3.05) is 0 Å². The normalized spacial score (nSPS) is 14.4. The van der Waals surface area contributed by atoms with Crippen LogP contribution in [0.15, 0.2) is 207 Å². The second-order valence-corrected chi connectivity index (χ2v) is 14.9. The molecule has 58 heavy (non-hydrogen) atoms. The lowest BCUT2D eigenvalue weighted by Crippen LogP contribution is -2.34. The van der Waals surface area contributed by atoms with Crippen LogP contribution in [0.4, 0.5) is 0 Å². The van der Waals surface area contributed by atoms with Crippen LogP contribution in [0.3, 0.4) is 0 Å². The highest BCUT2D eigenvalue weighted by Crippen LogP contribution is 2.44. The molecule has 1 atom stereocenters. The van der Waals surface area contributed by atoms with E-state index in [0.717, 1.165) is 88.7 Å². The topological polar surface area (TPSA) is 63.0 Å². The quantitative estimate of drug-likeness (QED) is 0.179. The Morgan fingerprint density at radius 3 is 1.90 bits per heavy atom. The van der Waals surface area contributed by atoms with Crippen LogP contribution in [-0.2, 0) is 0 Å². The smallest absolute Gasteiger partial charge is 0.159 e. The van der Waals surface area contributed by atoms with E-state index in [-0.39, 0.29) is 6.17 Å². The van der Waals surface area contributed by atoms with Gasteiger partial charge in [-0.3, -0.25) is 0 Å². The highest BCUT2D eigenvalue weighted by molar-refractivity contribution is 6.21. The van der Waals surface area contributed by atoms with Gasteiger partial charge >= 0.3 is 0 Å². The van der Waals surface area contributed by atoms with Gasteiger partial charge in [0.1, 0.15) is 34.3 Å². The molecule has 0 fully saturated rings. The summed E-state index contributed by atoms with van der Waals surface area (Å²) >= 11 is 0. The maximum absolute atomic E-state index is 6.84. The maximum atomic E-state index is 6.84. The van der Waals surface area contributed by atoms with Gasteiger partial charge in [0.2, 0.25) is 0 Å². The molecule has 0 spiro atoms. The Kier molecular flexibility index (Phi) is 7.23. The van der Waals surface area contributed by atoms with Gasteiger partial charge in [-0.05, 0) is 68.1 Å².